The molecule has 0 aromatic rings. The van der Waals surface area contributed by atoms with Gasteiger partial charge >= 0.3 is 5.97 Å². The van der Waals surface area contributed by atoms with Crippen LogP contribution in [0.1, 0.15) is 26.7 Å². The van der Waals surface area contributed by atoms with Crippen LogP contribution in [0.25, 0.3) is 0 Å². The van der Waals surface area contributed by atoms with E-state index >= 15 is 0 Å². The monoisotopic (exact) mass is 229 g/mol. The van der Waals surface area contributed by atoms with Crippen molar-refractivity contribution in [1.82, 2.24) is 4.90 Å². The van der Waals surface area contributed by atoms with Crippen molar-refractivity contribution in [1.29, 1.82) is 0 Å². The Balaban J connectivity index is 2.37. The van der Waals surface area contributed by atoms with Crippen LogP contribution < -0.4 is 0 Å². The quantitative estimate of drug-likeness (QED) is 0.749. The normalized spacial score (nSPS) is 18.2. The van der Waals surface area contributed by atoms with Gasteiger partial charge in [0.25, 0.3) is 0 Å². The average Bonchev–Trinajstić information content (AvgIpc) is 2.16. The van der Waals surface area contributed by atoms with Crippen LogP contribution in [0.15, 0.2) is 0 Å². The molecule has 0 spiro atoms. The summed E-state index contributed by atoms with van der Waals surface area (Å²) in [6.07, 6.45) is 2.13. The van der Waals surface area contributed by atoms with E-state index in [9.17, 15) is 4.79 Å². The highest BCUT2D eigenvalue weighted by Gasteiger charge is 2.19. The standard InChI is InChI=1S/C12H23NO3/c1-10(2)7-13(9-12(14)15)8-11-3-5-16-6-4-11/h10-11H,3-9H2,1-2H3,(H,14,15). The largest absolute Gasteiger partial charge is 0.480 e. The predicted molar refractivity (Wildman–Crippen MR) is 62.5 cm³/mol. The van der Waals surface area contributed by atoms with E-state index in [1.54, 1.807) is 0 Å². The summed E-state index contributed by atoms with van der Waals surface area (Å²) >= 11 is 0. The number of carboxylic acids is 1. The Bertz CT molecular complexity index is 212. The Morgan fingerprint density at radius 2 is 2.06 bits per heavy atom. The zero-order valence-electron chi connectivity index (χ0n) is 10.3. The van der Waals surface area contributed by atoms with Crippen molar-refractivity contribution in [3.8, 4) is 0 Å². The van der Waals surface area contributed by atoms with E-state index in [4.69, 9.17) is 9.84 Å². The highest BCUT2D eigenvalue weighted by molar-refractivity contribution is 5.69. The molecule has 0 aromatic heterocycles. The minimum atomic E-state index is -0.729. The van der Waals surface area contributed by atoms with Crippen LogP contribution in [-0.2, 0) is 9.53 Å². The van der Waals surface area contributed by atoms with E-state index < -0.39 is 5.97 Å². The second-order valence-corrected chi connectivity index (χ2v) is 5.04. The third kappa shape index (κ3) is 5.47. The van der Waals surface area contributed by atoms with Crippen molar-refractivity contribution in [3.05, 3.63) is 0 Å². The third-order valence-electron chi connectivity index (χ3n) is 2.84. The number of rotatable bonds is 6. The molecule has 1 aliphatic heterocycles. The number of carboxylic acid groups (broad SMARTS) is 1. The summed E-state index contributed by atoms with van der Waals surface area (Å²) in [7, 11) is 0. The van der Waals surface area contributed by atoms with Gasteiger partial charge in [-0.3, -0.25) is 9.69 Å². The van der Waals surface area contributed by atoms with Crippen molar-refractivity contribution in [3.63, 3.8) is 0 Å². The molecule has 1 N–H and O–H groups in total. The fraction of sp³-hybridized carbons (Fsp3) is 0.917. The second-order valence-electron chi connectivity index (χ2n) is 5.04. The van der Waals surface area contributed by atoms with Gasteiger partial charge in [-0.2, -0.15) is 0 Å². The number of carbonyl (C=O) groups is 1. The van der Waals surface area contributed by atoms with Gasteiger partial charge in [-0.1, -0.05) is 13.8 Å². The first-order chi connectivity index (χ1) is 7.58. The van der Waals surface area contributed by atoms with Crippen molar-refractivity contribution >= 4 is 5.97 Å². The van der Waals surface area contributed by atoms with Crippen LogP contribution >= 0.6 is 0 Å². The molecule has 16 heavy (non-hydrogen) atoms. The summed E-state index contributed by atoms with van der Waals surface area (Å²) in [5, 5.41) is 8.86. The lowest BCUT2D eigenvalue weighted by Gasteiger charge is -2.29. The molecule has 0 aliphatic carbocycles. The molecule has 1 rings (SSSR count). The second kappa shape index (κ2) is 6.86. The molecule has 4 nitrogen and oxygen atoms in total. The molecule has 0 unspecified atom stereocenters. The van der Waals surface area contributed by atoms with Gasteiger partial charge < -0.3 is 9.84 Å². The third-order valence-corrected chi connectivity index (χ3v) is 2.84. The van der Waals surface area contributed by atoms with Gasteiger partial charge in [0.2, 0.25) is 0 Å². The molecule has 4 heteroatoms. The minimum absolute atomic E-state index is 0.162. The van der Waals surface area contributed by atoms with E-state index in [0.29, 0.717) is 11.8 Å². The molecule has 0 bridgehead atoms. The first kappa shape index (κ1) is 13.5. The molecule has 94 valence electrons. The molecule has 0 atom stereocenters. The van der Waals surface area contributed by atoms with Gasteiger partial charge in [0, 0.05) is 26.3 Å². The predicted octanol–water partition coefficient (Wildman–Crippen LogP) is 1.46. The highest BCUT2D eigenvalue weighted by Crippen LogP contribution is 2.16. The molecule has 1 heterocycles. The minimum Gasteiger partial charge on any atom is -0.480 e. The van der Waals surface area contributed by atoms with Crippen LogP contribution in [0.3, 0.4) is 0 Å². The van der Waals surface area contributed by atoms with Crippen LogP contribution in [0.2, 0.25) is 0 Å². The summed E-state index contributed by atoms with van der Waals surface area (Å²) in [5.41, 5.74) is 0. The molecular weight excluding hydrogens is 206 g/mol. The lowest BCUT2D eigenvalue weighted by molar-refractivity contribution is -0.138. The van der Waals surface area contributed by atoms with Gasteiger partial charge in [-0.25, -0.2) is 0 Å². The van der Waals surface area contributed by atoms with Gasteiger partial charge in [0.15, 0.2) is 0 Å². The number of hydrogen-bond donors (Lipinski definition) is 1. The van der Waals surface area contributed by atoms with Crippen LogP contribution in [-0.4, -0.2) is 48.8 Å². The Morgan fingerprint density at radius 1 is 1.44 bits per heavy atom. The molecule has 1 fully saturated rings. The van der Waals surface area contributed by atoms with E-state index in [0.717, 1.165) is 39.1 Å². The topological polar surface area (TPSA) is 49.8 Å². The van der Waals surface area contributed by atoms with Gasteiger partial charge in [0.1, 0.15) is 0 Å². The number of hydrogen-bond acceptors (Lipinski definition) is 3. The molecular formula is C12H23NO3. The van der Waals surface area contributed by atoms with Crippen molar-refractivity contribution in [2.75, 3.05) is 32.8 Å². The molecule has 1 saturated heterocycles. The highest BCUT2D eigenvalue weighted by atomic mass is 16.5. The van der Waals surface area contributed by atoms with Crippen LogP contribution in [0.5, 0.6) is 0 Å². The number of aliphatic carboxylic acids is 1. The lowest BCUT2D eigenvalue weighted by atomic mass is 9.99. The maximum absolute atomic E-state index is 10.8. The van der Waals surface area contributed by atoms with E-state index in [2.05, 4.69) is 18.7 Å². The van der Waals surface area contributed by atoms with Gasteiger partial charge in [0.05, 0.1) is 6.54 Å². The number of nitrogens with zero attached hydrogens (tertiary/aromatic N) is 1. The van der Waals surface area contributed by atoms with Gasteiger partial charge in [-0.15, -0.1) is 0 Å². The SMILES string of the molecule is CC(C)CN(CC(=O)O)CC1CCOCC1. The summed E-state index contributed by atoms with van der Waals surface area (Å²) in [5.74, 6) is 0.388. The zero-order chi connectivity index (χ0) is 12.0. The lowest BCUT2D eigenvalue weighted by Crippen LogP contribution is -2.38. The Labute approximate surface area is 97.6 Å². The van der Waals surface area contributed by atoms with E-state index in [1.807, 2.05) is 0 Å². The van der Waals surface area contributed by atoms with Crippen molar-refractivity contribution in [2.45, 2.75) is 26.7 Å². The van der Waals surface area contributed by atoms with Crippen molar-refractivity contribution < 1.29 is 14.6 Å². The van der Waals surface area contributed by atoms with E-state index in [1.165, 1.54) is 0 Å². The first-order valence-corrected chi connectivity index (χ1v) is 6.10. The average molecular weight is 229 g/mol. The zero-order valence-corrected chi connectivity index (χ0v) is 10.3. The summed E-state index contributed by atoms with van der Waals surface area (Å²) < 4.78 is 5.31. The maximum Gasteiger partial charge on any atom is 0.317 e. The molecule has 0 amide bonds. The summed E-state index contributed by atoms with van der Waals surface area (Å²) in [6, 6.07) is 0. The Hall–Kier alpha value is -0.610. The Kier molecular flexibility index (Phi) is 5.77. The van der Waals surface area contributed by atoms with Crippen LogP contribution in [0, 0.1) is 11.8 Å². The fourth-order valence-corrected chi connectivity index (χ4v) is 2.21. The molecule has 1 aliphatic rings. The smallest absolute Gasteiger partial charge is 0.317 e. The number of ether oxygens (including phenoxy) is 1. The maximum atomic E-state index is 10.8. The Morgan fingerprint density at radius 3 is 2.56 bits per heavy atom. The first-order valence-electron chi connectivity index (χ1n) is 6.10. The fourth-order valence-electron chi connectivity index (χ4n) is 2.21. The van der Waals surface area contributed by atoms with Gasteiger partial charge in [-0.05, 0) is 24.7 Å². The van der Waals surface area contributed by atoms with Crippen molar-refractivity contribution in [2.24, 2.45) is 11.8 Å². The molecule has 0 aromatic carbocycles. The summed E-state index contributed by atoms with van der Waals surface area (Å²) in [4.78, 5) is 12.8. The molecule has 0 radical (unpaired) electrons. The summed E-state index contributed by atoms with van der Waals surface area (Å²) in [6.45, 7) is 7.82. The van der Waals surface area contributed by atoms with E-state index in [-0.39, 0.29) is 6.54 Å². The molecule has 0 saturated carbocycles. The van der Waals surface area contributed by atoms with Crippen LogP contribution in [0.4, 0.5) is 0 Å².